The molecule has 8 heteroatoms. The number of aromatic nitrogens is 2. The second-order valence-electron chi connectivity index (χ2n) is 4.15. The van der Waals surface area contributed by atoms with Gasteiger partial charge in [0.15, 0.2) is 0 Å². The van der Waals surface area contributed by atoms with Gasteiger partial charge in [0.2, 0.25) is 17.5 Å². The third kappa shape index (κ3) is 3.42. The van der Waals surface area contributed by atoms with Crippen molar-refractivity contribution in [2.75, 3.05) is 19.0 Å². The van der Waals surface area contributed by atoms with Gasteiger partial charge < -0.3 is 9.32 Å². The van der Waals surface area contributed by atoms with Gasteiger partial charge in [-0.1, -0.05) is 0 Å². The van der Waals surface area contributed by atoms with Crippen molar-refractivity contribution in [2.24, 2.45) is 5.10 Å². The highest BCUT2D eigenvalue weighted by Gasteiger charge is 2.13. The molecule has 21 heavy (non-hydrogen) atoms. The second kappa shape index (κ2) is 6.29. The summed E-state index contributed by atoms with van der Waals surface area (Å²) in [6, 6.07) is 5.05. The summed E-state index contributed by atoms with van der Waals surface area (Å²) in [4.78, 5) is 21.1. The first kappa shape index (κ1) is 14.2. The molecule has 2 heterocycles. The number of anilines is 1. The topological polar surface area (TPSA) is 107 Å². The zero-order valence-electron chi connectivity index (χ0n) is 11.4. The maximum absolute atomic E-state index is 11.7. The summed E-state index contributed by atoms with van der Waals surface area (Å²) in [7, 11) is 3.46. The fraction of sp³-hybridized carbons (Fsp3) is 0.154. The maximum Gasteiger partial charge on any atom is 0.271 e. The van der Waals surface area contributed by atoms with Crippen LogP contribution in [-0.2, 0) is 0 Å². The Labute approximate surface area is 120 Å². The third-order valence-electron chi connectivity index (χ3n) is 2.42. The lowest BCUT2D eigenvalue weighted by molar-refractivity contribution is 0.0955. The first-order chi connectivity index (χ1) is 10.1. The number of pyridine rings is 1. The van der Waals surface area contributed by atoms with E-state index in [2.05, 4.69) is 20.5 Å². The number of hydrogen-bond acceptors (Lipinski definition) is 7. The van der Waals surface area contributed by atoms with Crippen LogP contribution in [0, 0.1) is 11.3 Å². The number of nitrogens with zero attached hydrogens (tertiary/aromatic N) is 5. The number of hydrogen-bond donors (Lipinski definition) is 1. The number of carbonyl (C=O) groups is 1. The number of nitriles is 1. The molecule has 106 valence electrons. The van der Waals surface area contributed by atoms with Crippen molar-refractivity contribution in [3.63, 3.8) is 0 Å². The second-order valence-corrected chi connectivity index (χ2v) is 4.15. The molecule has 8 nitrogen and oxygen atoms in total. The van der Waals surface area contributed by atoms with Crippen LogP contribution in [0.25, 0.3) is 0 Å². The first-order valence-corrected chi connectivity index (χ1v) is 5.93. The smallest absolute Gasteiger partial charge is 0.271 e. The quantitative estimate of drug-likeness (QED) is 0.656. The molecule has 0 atom stereocenters. The highest BCUT2D eigenvalue weighted by Crippen LogP contribution is 2.17. The van der Waals surface area contributed by atoms with E-state index in [9.17, 15) is 4.79 Å². The van der Waals surface area contributed by atoms with E-state index in [4.69, 9.17) is 9.68 Å². The molecular weight excluding hydrogens is 272 g/mol. The summed E-state index contributed by atoms with van der Waals surface area (Å²) in [5, 5.41) is 12.7. The van der Waals surface area contributed by atoms with Crippen LogP contribution in [0.3, 0.4) is 0 Å². The van der Waals surface area contributed by atoms with Gasteiger partial charge in [-0.05, 0) is 12.1 Å². The minimum atomic E-state index is -0.381. The summed E-state index contributed by atoms with van der Waals surface area (Å²) in [6.45, 7) is 0. The highest BCUT2D eigenvalue weighted by atomic mass is 16.4. The van der Waals surface area contributed by atoms with Gasteiger partial charge in [0, 0.05) is 32.1 Å². The predicted octanol–water partition coefficient (Wildman–Crippen LogP) is 0.771. The van der Waals surface area contributed by atoms with E-state index in [0.717, 1.165) is 0 Å². The van der Waals surface area contributed by atoms with Gasteiger partial charge in [-0.25, -0.2) is 5.43 Å². The molecule has 0 saturated heterocycles. The summed E-state index contributed by atoms with van der Waals surface area (Å²) in [5.74, 6) is 0.0817. The minimum absolute atomic E-state index is 0.130. The van der Waals surface area contributed by atoms with Crippen LogP contribution in [-0.4, -0.2) is 36.2 Å². The van der Waals surface area contributed by atoms with Crippen molar-refractivity contribution in [3.05, 3.63) is 41.7 Å². The fourth-order valence-electron chi connectivity index (χ4n) is 1.47. The molecule has 0 unspecified atom stereocenters. The summed E-state index contributed by atoms with van der Waals surface area (Å²) in [5.41, 5.74) is 2.92. The van der Waals surface area contributed by atoms with Crippen molar-refractivity contribution in [1.29, 1.82) is 5.26 Å². The van der Waals surface area contributed by atoms with E-state index in [1.54, 1.807) is 31.1 Å². The van der Waals surface area contributed by atoms with Gasteiger partial charge in [0.25, 0.3) is 5.91 Å². The average molecular weight is 284 g/mol. The summed E-state index contributed by atoms with van der Waals surface area (Å²) >= 11 is 0. The van der Waals surface area contributed by atoms with E-state index in [-0.39, 0.29) is 17.5 Å². The molecule has 0 radical (unpaired) electrons. The third-order valence-corrected chi connectivity index (χ3v) is 2.42. The maximum atomic E-state index is 11.7. The molecule has 1 amide bonds. The van der Waals surface area contributed by atoms with Gasteiger partial charge in [-0.15, -0.1) is 0 Å². The van der Waals surface area contributed by atoms with Gasteiger partial charge in [0.1, 0.15) is 12.3 Å². The molecular formula is C13H12N6O2. The lowest BCUT2D eigenvalue weighted by Gasteiger charge is -2.05. The SMILES string of the molecule is CN(C)c1oc(C=NNC(=O)c2ccncc2)nc1C#N. The van der Waals surface area contributed by atoms with Crippen molar-refractivity contribution < 1.29 is 9.21 Å². The Morgan fingerprint density at radius 2 is 2.19 bits per heavy atom. The molecule has 0 spiro atoms. The van der Waals surface area contributed by atoms with Gasteiger partial charge in [-0.3, -0.25) is 9.78 Å². The van der Waals surface area contributed by atoms with E-state index >= 15 is 0 Å². The minimum Gasteiger partial charge on any atom is -0.418 e. The number of nitrogens with one attached hydrogen (secondary N) is 1. The Morgan fingerprint density at radius 1 is 1.48 bits per heavy atom. The Kier molecular flexibility index (Phi) is 4.26. The van der Waals surface area contributed by atoms with Gasteiger partial charge in [-0.2, -0.15) is 15.3 Å². The van der Waals surface area contributed by atoms with Crippen molar-refractivity contribution >= 4 is 18.0 Å². The zero-order valence-corrected chi connectivity index (χ0v) is 11.4. The summed E-state index contributed by atoms with van der Waals surface area (Å²) in [6.07, 6.45) is 4.25. The average Bonchev–Trinajstić information content (AvgIpc) is 2.91. The molecule has 0 aliphatic carbocycles. The number of oxazole rings is 1. The molecule has 0 aliphatic heterocycles. The van der Waals surface area contributed by atoms with E-state index < -0.39 is 0 Å². The van der Waals surface area contributed by atoms with Crippen LogP contribution in [0.5, 0.6) is 0 Å². The number of amides is 1. The van der Waals surface area contributed by atoms with Crippen LogP contribution in [0.15, 0.2) is 34.0 Å². The van der Waals surface area contributed by atoms with E-state index in [1.807, 2.05) is 6.07 Å². The number of rotatable bonds is 4. The predicted molar refractivity (Wildman–Crippen MR) is 74.8 cm³/mol. The fourth-order valence-corrected chi connectivity index (χ4v) is 1.47. The van der Waals surface area contributed by atoms with Crippen molar-refractivity contribution in [3.8, 4) is 6.07 Å². The zero-order chi connectivity index (χ0) is 15.2. The van der Waals surface area contributed by atoms with Crippen LogP contribution < -0.4 is 10.3 Å². The van der Waals surface area contributed by atoms with Crippen molar-refractivity contribution in [1.82, 2.24) is 15.4 Å². The molecule has 0 aliphatic rings. The largest absolute Gasteiger partial charge is 0.418 e. The molecule has 2 aromatic heterocycles. The first-order valence-electron chi connectivity index (χ1n) is 5.93. The number of hydrazone groups is 1. The van der Waals surface area contributed by atoms with Crippen LogP contribution in [0.2, 0.25) is 0 Å². The van der Waals surface area contributed by atoms with Crippen LogP contribution in [0.1, 0.15) is 21.9 Å². The Bertz CT molecular complexity index is 699. The molecule has 0 saturated carbocycles. The monoisotopic (exact) mass is 284 g/mol. The van der Waals surface area contributed by atoms with Gasteiger partial charge >= 0.3 is 0 Å². The van der Waals surface area contributed by atoms with Crippen LogP contribution >= 0.6 is 0 Å². The molecule has 0 bridgehead atoms. The molecule has 0 aromatic carbocycles. The lowest BCUT2D eigenvalue weighted by atomic mass is 10.3. The Hall–Kier alpha value is -3.21. The molecule has 0 fully saturated rings. The lowest BCUT2D eigenvalue weighted by Crippen LogP contribution is -2.17. The highest BCUT2D eigenvalue weighted by molar-refractivity contribution is 5.94. The Balaban J connectivity index is 2.05. The van der Waals surface area contributed by atoms with Gasteiger partial charge in [0.05, 0.1) is 0 Å². The molecule has 1 N–H and O–H groups in total. The van der Waals surface area contributed by atoms with E-state index in [0.29, 0.717) is 11.4 Å². The number of carbonyl (C=O) groups excluding carboxylic acids is 1. The normalized spacial score (nSPS) is 10.3. The Morgan fingerprint density at radius 3 is 2.76 bits per heavy atom. The molecule has 2 aromatic rings. The molecule has 2 rings (SSSR count). The van der Waals surface area contributed by atoms with Crippen molar-refractivity contribution in [2.45, 2.75) is 0 Å². The van der Waals surface area contributed by atoms with E-state index in [1.165, 1.54) is 18.6 Å². The van der Waals surface area contributed by atoms with Crippen LogP contribution in [0.4, 0.5) is 5.88 Å². The standard InChI is InChI=1S/C13H12N6O2/c1-19(2)13-10(7-14)17-11(21-13)8-16-18-12(20)9-3-5-15-6-4-9/h3-6,8H,1-2H3,(H,18,20). The summed E-state index contributed by atoms with van der Waals surface area (Å²) < 4.78 is 5.34.